The van der Waals surface area contributed by atoms with Crippen LogP contribution in [-0.4, -0.2) is 11.7 Å². The number of aryl methyl sites for hydroxylation is 1. The summed E-state index contributed by atoms with van der Waals surface area (Å²) in [6.07, 6.45) is 3.58. The molecule has 2 unspecified atom stereocenters. The molecule has 0 radical (unpaired) electrons. The van der Waals surface area contributed by atoms with E-state index in [0.29, 0.717) is 19.3 Å². The smallest absolute Gasteiger partial charge is 0.116 e. The van der Waals surface area contributed by atoms with Crippen LogP contribution in [0.5, 0.6) is 0 Å². The molecular formula is C14H20FN. The van der Waals surface area contributed by atoms with Crippen LogP contribution in [0.4, 0.5) is 4.39 Å². The van der Waals surface area contributed by atoms with Gasteiger partial charge in [-0.05, 0) is 38.2 Å². The number of nitrogens with two attached hydrogens (primary N) is 1. The third-order valence-corrected chi connectivity index (χ3v) is 3.47. The maximum absolute atomic E-state index is 14.5. The summed E-state index contributed by atoms with van der Waals surface area (Å²) in [6, 6.07) is 8.18. The Kier molecular flexibility index (Phi) is 3.29. The monoisotopic (exact) mass is 221 g/mol. The molecule has 2 rings (SSSR count). The standard InChI is InChI=1S/C14H20FN/c1-11-4-6-12(7-5-11)9-14(15)8-2-3-13(16)10-14/h4-7,13H,2-3,8-10,16H2,1H3. The summed E-state index contributed by atoms with van der Waals surface area (Å²) in [5.74, 6) is 0. The highest BCUT2D eigenvalue weighted by Crippen LogP contribution is 2.34. The number of alkyl halides is 1. The summed E-state index contributed by atoms with van der Waals surface area (Å²) in [6.45, 7) is 2.05. The van der Waals surface area contributed by atoms with Crippen molar-refractivity contribution in [1.29, 1.82) is 0 Å². The second-order valence-corrected chi connectivity index (χ2v) is 5.17. The minimum Gasteiger partial charge on any atom is -0.328 e. The number of benzene rings is 1. The van der Waals surface area contributed by atoms with Gasteiger partial charge in [0.2, 0.25) is 0 Å². The second kappa shape index (κ2) is 4.54. The van der Waals surface area contributed by atoms with Gasteiger partial charge in [-0.25, -0.2) is 4.39 Å². The van der Waals surface area contributed by atoms with Gasteiger partial charge in [-0.1, -0.05) is 29.8 Å². The number of hydrogen-bond donors (Lipinski definition) is 1. The van der Waals surface area contributed by atoms with Crippen molar-refractivity contribution in [2.45, 2.75) is 50.7 Å². The molecule has 0 saturated heterocycles. The lowest BCUT2D eigenvalue weighted by Crippen LogP contribution is -2.39. The van der Waals surface area contributed by atoms with Crippen LogP contribution in [0.1, 0.15) is 36.8 Å². The minimum atomic E-state index is -1.08. The predicted octanol–water partition coefficient (Wildman–Crippen LogP) is 3.15. The molecule has 1 nitrogen and oxygen atoms in total. The molecule has 1 fully saturated rings. The van der Waals surface area contributed by atoms with E-state index in [1.165, 1.54) is 5.56 Å². The topological polar surface area (TPSA) is 26.0 Å². The van der Waals surface area contributed by atoms with E-state index >= 15 is 0 Å². The molecular weight excluding hydrogens is 201 g/mol. The number of rotatable bonds is 2. The Morgan fingerprint density at radius 1 is 1.38 bits per heavy atom. The van der Waals surface area contributed by atoms with Crippen LogP contribution in [-0.2, 0) is 6.42 Å². The van der Waals surface area contributed by atoms with Crippen LogP contribution < -0.4 is 5.73 Å². The average Bonchev–Trinajstić information content (AvgIpc) is 2.21. The molecule has 1 saturated carbocycles. The molecule has 1 aliphatic rings. The number of hydrogen-bond acceptors (Lipinski definition) is 1. The van der Waals surface area contributed by atoms with E-state index in [4.69, 9.17) is 5.73 Å². The van der Waals surface area contributed by atoms with E-state index in [0.717, 1.165) is 18.4 Å². The summed E-state index contributed by atoms with van der Waals surface area (Å²) < 4.78 is 14.5. The van der Waals surface area contributed by atoms with Gasteiger partial charge in [0.15, 0.2) is 0 Å². The van der Waals surface area contributed by atoms with Crippen molar-refractivity contribution < 1.29 is 4.39 Å². The van der Waals surface area contributed by atoms with Crippen LogP contribution in [0.15, 0.2) is 24.3 Å². The van der Waals surface area contributed by atoms with E-state index in [9.17, 15) is 4.39 Å². The quantitative estimate of drug-likeness (QED) is 0.815. The summed E-state index contributed by atoms with van der Waals surface area (Å²) in [5.41, 5.74) is 7.08. The highest BCUT2D eigenvalue weighted by molar-refractivity contribution is 5.23. The fourth-order valence-corrected chi connectivity index (χ4v) is 2.59. The van der Waals surface area contributed by atoms with Crippen molar-refractivity contribution in [3.05, 3.63) is 35.4 Å². The lowest BCUT2D eigenvalue weighted by molar-refractivity contribution is 0.0965. The van der Waals surface area contributed by atoms with Crippen LogP contribution >= 0.6 is 0 Å². The summed E-state index contributed by atoms with van der Waals surface area (Å²) in [7, 11) is 0. The normalized spacial score (nSPS) is 30.3. The van der Waals surface area contributed by atoms with Gasteiger partial charge in [-0.3, -0.25) is 0 Å². The minimum absolute atomic E-state index is 0.0456. The largest absolute Gasteiger partial charge is 0.328 e. The Balaban J connectivity index is 2.05. The van der Waals surface area contributed by atoms with E-state index in [1.807, 2.05) is 31.2 Å². The highest BCUT2D eigenvalue weighted by atomic mass is 19.1. The predicted molar refractivity (Wildman–Crippen MR) is 65.2 cm³/mol. The molecule has 1 aliphatic carbocycles. The highest BCUT2D eigenvalue weighted by Gasteiger charge is 2.35. The van der Waals surface area contributed by atoms with Gasteiger partial charge in [0, 0.05) is 12.5 Å². The first-order valence-corrected chi connectivity index (χ1v) is 6.07. The molecule has 0 heterocycles. The maximum atomic E-state index is 14.5. The molecule has 0 amide bonds. The lowest BCUT2D eigenvalue weighted by atomic mass is 9.80. The van der Waals surface area contributed by atoms with Crippen LogP contribution in [0.2, 0.25) is 0 Å². The fourth-order valence-electron chi connectivity index (χ4n) is 2.59. The van der Waals surface area contributed by atoms with Crippen molar-refractivity contribution in [3.63, 3.8) is 0 Å². The SMILES string of the molecule is Cc1ccc(CC2(F)CCCC(N)C2)cc1. The molecule has 2 heteroatoms. The molecule has 0 aromatic heterocycles. The molecule has 1 aromatic carbocycles. The molecule has 2 N–H and O–H groups in total. The zero-order valence-electron chi connectivity index (χ0n) is 9.88. The Morgan fingerprint density at radius 3 is 2.69 bits per heavy atom. The molecule has 1 aromatic rings. The fraction of sp³-hybridized carbons (Fsp3) is 0.571. The second-order valence-electron chi connectivity index (χ2n) is 5.17. The zero-order chi connectivity index (χ0) is 11.6. The first kappa shape index (κ1) is 11.6. The van der Waals surface area contributed by atoms with Gasteiger partial charge in [0.25, 0.3) is 0 Å². The van der Waals surface area contributed by atoms with Crippen molar-refractivity contribution in [1.82, 2.24) is 0 Å². The number of halogens is 1. The molecule has 2 atom stereocenters. The zero-order valence-corrected chi connectivity index (χ0v) is 9.88. The summed E-state index contributed by atoms with van der Waals surface area (Å²) in [5, 5.41) is 0. The van der Waals surface area contributed by atoms with Gasteiger partial charge in [-0.2, -0.15) is 0 Å². The van der Waals surface area contributed by atoms with Crippen LogP contribution in [0.3, 0.4) is 0 Å². The first-order chi connectivity index (χ1) is 7.57. The van der Waals surface area contributed by atoms with E-state index in [-0.39, 0.29) is 6.04 Å². The molecule has 0 aliphatic heterocycles. The first-order valence-electron chi connectivity index (χ1n) is 6.07. The van der Waals surface area contributed by atoms with E-state index < -0.39 is 5.67 Å². The summed E-state index contributed by atoms with van der Waals surface area (Å²) >= 11 is 0. The van der Waals surface area contributed by atoms with Crippen molar-refractivity contribution in [2.24, 2.45) is 5.73 Å². The molecule has 0 bridgehead atoms. The van der Waals surface area contributed by atoms with Gasteiger partial charge in [-0.15, -0.1) is 0 Å². The van der Waals surface area contributed by atoms with Gasteiger partial charge >= 0.3 is 0 Å². The lowest BCUT2D eigenvalue weighted by Gasteiger charge is -2.33. The maximum Gasteiger partial charge on any atom is 0.116 e. The molecule has 16 heavy (non-hydrogen) atoms. The van der Waals surface area contributed by atoms with Crippen LogP contribution in [0.25, 0.3) is 0 Å². The molecule has 0 spiro atoms. The average molecular weight is 221 g/mol. The Morgan fingerprint density at radius 2 is 2.06 bits per heavy atom. The van der Waals surface area contributed by atoms with Gasteiger partial charge in [0.05, 0.1) is 0 Å². The van der Waals surface area contributed by atoms with Crippen LogP contribution in [0, 0.1) is 6.92 Å². The third-order valence-electron chi connectivity index (χ3n) is 3.47. The Bertz CT molecular complexity index is 346. The summed E-state index contributed by atoms with van der Waals surface area (Å²) in [4.78, 5) is 0. The Labute approximate surface area is 96.9 Å². The van der Waals surface area contributed by atoms with Gasteiger partial charge < -0.3 is 5.73 Å². The van der Waals surface area contributed by atoms with Gasteiger partial charge in [0.1, 0.15) is 5.67 Å². The van der Waals surface area contributed by atoms with Crippen molar-refractivity contribution >= 4 is 0 Å². The van der Waals surface area contributed by atoms with Crippen molar-refractivity contribution in [3.8, 4) is 0 Å². The van der Waals surface area contributed by atoms with E-state index in [1.54, 1.807) is 0 Å². The Hall–Kier alpha value is -0.890. The third kappa shape index (κ3) is 2.82. The van der Waals surface area contributed by atoms with E-state index in [2.05, 4.69) is 0 Å². The molecule has 88 valence electrons. The van der Waals surface area contributed by atoms with Crippen molar-refractivity contribution in [2.75, 3.05) is 0 Å².